The summed E-state index contributed by atoms with van der Waals surface area (Å²) in [6.45, 7) is 1.80. The Morgan fingerprint density at radius 3 is 2.96 bits per heavy atom. The smallest absolute Gasteiger partial charge is 0.428 e. The molecule has 1 aromatic carbocycles. The lowest BCUT2D eigenvalue weighted by Gasteiger charge is -2.39. The molecule has 27 heavy (non-hydrogen) atoms. The van der Waals surface area contributed by atoms with Crippen molar-refractivity contribution < 1.29 is 23.8 Å². The molecule has 0 bridgehead atoms. The average molecular weight is 440 g/mol. The molecule has 2 atom stereocenters. The Kier molecular flexibility index (Phi) is 5.50. The number of halogens is 2. The van der Waals surface area contributed by atoms with Crippen molar-refractivity contribution in [1.29, 1.82) is 0 Å². The van der Waals surface area contributed by atoms with E-state index in [1.54, 1.807) is 13.0 Å². The van der Waals surface area contributed by atoms with Crippen LogP contribution in [0.25, 0.3) is 0 Å². The summed E-state index contributed by atoms with van der Waals surface area (Å²) in [6, 6.07) is 4.05. The molecule has 3 N–H and O–H groups in total. The normalized spacial score (nSPS) is 23.0. The average Bonchev–Trinajstić information content (AvgIpc) is 2.57. The van der Waals surface area contributed by atoms with Gasteiger partial charge in [-0.25, -0.2) is 19.4 Å². The van der Waals surface area contributed by atoms with Gasteiger partial charge in [0.05, 0.1) is 0 Å². The topological polar surface area (TPSA) is 100 Å². The first kappa shape index (κ1) is 19.3. The maximum atomic E-state index is 13.4. The highest BCUT2D eigenvalue weighted by molar-refractivity contribution is 9.10. The van der Waals surface area contributed by atoms with E-state index in [9.17, 15) is 14.0 Å². The SMILES string of the molecule is CC(CC1=CCC2(CC1)OC(=O)NN=C2c1ccc(F)cc1Br)NC(=O)O. The summed E-state index contributed by atoms with van der Waals surface area (Å²) < 4.78 is 19.6. The largest absolute Gasteiger partial charge is 0.465 e. The van der Waals surface area contributed by atoms with Gasteiger partial charge in [0.2, 0.25) is 0 Å². The van der Waals surface area contributed by atoms with Crippen LogP contribution in [0.5, 0.6) is 0 Å². The highest BCUT2D eigenvalue weighted by Gasteiger charge is 2.45. The summed E-state index contributed by atoms with van der Waals surface area (Å²) in [5.41, 5.74) is 3.66. The number of hydrogen-bond acceptors (Lipinski definition) is 4. The number of carbonyl (C=O) groups excluding carboxylic acids is 1. The summed E-state index contributed by atoms with van der Waals surface area (Å²) >= 11 is 3.35. The number of nitrogens with one attached hydrogen (secondary N) is 2. The Hall–Kier alpha value is -2.42. The fraction of sp³-hybridized carbons (Fsp3) is 0.389. The van der Waals surface area contributed by atoms with Crippen molar-refractivity contribution in [2.75, 3.05) is 0 Å². The Bertz CT molecular complexity index is 842. The van der Waals surface area contributed by atoms with Crippen molar-refractivity contribution in [3.63, 3.8) is 0 Å². The molecule has 144 valence electrons. The Balaban J connectivity index is 1.85. The van der Waals surface area contributed by atoms with Crippen molar-refractivity contribution in [1.82, 2.24) is 10.7 Å². The second-order valence-electron chi connectivity index (χ2n) is 6.70. The molecular weight excluding hydrogens is 421 g/mol. The molecule has 0 fully saturated rings. The van der Waals surface area contributed by atoms with Crippen molar-refractivity contribution in [2.24, 2.45) is 5.10 Å². The van der Waals surface area contributed by atoms with Crippen LogP contribution in [0, 0.1) is 5.82 Å². The van der Waals surface area contributed by atoms with E-state index in [4.69, 9.17) is 9.84 Å². The van der Waals surface area contributed by atoms with E-state index >= 15 is 0 Å². The Morgan fingerprint density at radius 2 is 2.33 bits per heavy atom. The zero-order chi connectivity index (χ0) is 19.6. The summed E-state index contributed by atoms with van der Waals surface area (Å²) in [5, 5.41) is 15.4. The number of carbonyl (C=O) groups is 2. The molecule has 1 aromatic rings. The maximum Gasteiger partial charge on any atom is 0.428 e. The third-order valence-electron chi connectivity index (χ3n) is 4.67. The van der Waals surface area contributed by atoms with Gasteiger partial charge in [-0.1, -0.05) is 27.6 Å². The van der Waals surface area contributed by atoms with Gasteiger partial charge >= 0.3 is 12.2 Å². The third-order valence-corrected chi connectivity index (χ3v) is 5.33. The van der Waals surface area contributed by atoms with Crippen LogP contribution in [0.15, 0.2) is 39.4 Å². The van der Waals surface area contributed by atoms with E-state index in [-0.39, 0.29) is 11.9 Å². The summed E-state index contributed by atoms with van der Waals surface area (Å²) in [6.07, 6.45) is 2.42. The molecule has 0 saturated carbocycles. The van der Waals surface area contributed by atoms with Gasteiger partial charge in [-0.2, -0.15) is 5.10 Å². The molecule has 0 saturated heterocycles. The van der Waals surface area contributed by atoms with Crippen molar-refractivity contribution in [3.05, 3.63) is 45.7 Å². The van der Waals surface area contributed by atoms with Crippen LogP contribution in [-0.2, 0) is 4.74 Å². The highest BCUT2D eigenvalue weighted by atomic mass is 79.9. The van der Waals surface area contributed by atoms with Crippen LogP contribution in [-0.4, -0.2) is 34.6 Å². The Labute approximate surface area is 163 Å². The first-order chi connectivity index (χ1) is 12.8. The number of hydrogen-bond donors (Lipinski definition) is 3. The fourth-order valence-electron chi connectivity index (χ4n) is 3.46. The second-order valence-corrected chi connectivity index (χ2v) is 7.56. The number of ether oxygens (including phenoxy) is 1. The first-order valence-corrected chi connectivity index (χ1v) is 9.28. The van der Waals surface area contributed by atoms with Gasteiger partial charge in [0.25, 0.3) is 0 Å². The number of amides is 2. The van der Waals surface area contributed by atoms with Crippen LogP contribution in [0.4, 0.5) is 14.0 Å². The monoisotopic (exact) mass is 439 g/mol. The van der Waals surface area contributed by atoms with Gasteiger partial charge in [0.15, 0.2) is 5.60 Å². The van der Waals surface area contributed by atoms with Crippen LogP contribution < -0.4 is 10.7 Å². The molecular formula is C18H19BrFN3O4. The van der Waals surface area contributed by atoms with Crippen molar-refractivity contribution in [2.45, 2.75) is 44.2 Å². The van der Waals surface area contributed by atoms with E-state index in [1.807, 2.05) is 6.08 Å². The molecule has 2 unspecified atom stereocenters. The lowest BCUT2D eigenvalue weighted by atomic mass is 9.78. The number of benzene rings is 1. The van der Waals surface area contributed by atoms with Gasteiger partial charge in [0.1, 0.15) is 11.5 Å². The van der Waals surface area contributed by atoms with Gasteiger partial charge in [-0.05, 0) is 44.4 Å². The van der Waals surface area contributed by atoms with E-state index in [0.29, 0.717) is 41.4 Å². The van der Waals surface area contributed by atoms with E-state index in [2.05, 4.69) is 31.8 Å². The molecule has 1 heterocycles. The molecule has 2 aliphatic rings. The number of nitrogens with zero attached hydrogens (tertiary/aromatic N) is 1. The fourth-order valence-corrected chi connectivity index (χ4v) is 4.00. The molecule has 3 rings (SSSR count). The molecule has 0 aromatic heterocycles. The van der Waals surface area contributed by atoms with Crippen molar-refractivity contribution >= 4 is 33.8 Å². The van der Waals surface area contributed by atoms with Gasteiger partial charge < -0.3 is 15.2 Å². The summed E-state index contributed by atoms with van der Waals surface area (Å²) in [5.74, 6) is -0.383. The summed E-state index contributed by atoms with van der Waals surface area (Å²) in [4.78, 5) is 22.6. The van der Waals surface area contributed by atoms with E-state index < -0.39 is 17.8 Å². The second kappa shape index (κ2) is 7.67. The molecule has 2 amide bonds. The minimum absolute atomic E-state index is 0.210. The maximum absolute atomic E-state index is 13.4. The molecule has 7 nitrogen and oxygen atoms in total. The van der Waals surface area contributed by atoms with Crippen LogP contribution in [0.2, 0.25) is 0 Å². The zero-order valence-corrected chi connectivity index (χ0v) is 16.2. The van der Waals surface area contributed by atoms with Gasteiger partial charge in [-0.3, -0.25) is 0 Å². The van der Waals surface area contributed by atoms with Crippen LogP contribution in [0.1, 0.15) is 38.2 Å². The standard InChI is InChI=1S/C18H19BrFN3O4/c1-10(21-16(24)25)8-11-4-6-18(7-5-11)15(22-23-17(26)27-18)13-3-2-12(20)9-14(13)19/h2-4,9-10,21H,5-8H2,1H3,(H,23,26)(H,24,25). The number of hydrazone groups is 1. The molecule has 0 radical (unpaired) electrons. The lowest BCUT2D eigenvalue weighted by Crippen LogP contribution is -2.51. The molecule has 9 heteroatoms. The predicted octanol–water partition coefficient (Wildman–Crippen LogP) is 3.93. The third kappa shape index (κ3) is 4.29. The van der Waals surface area contributed by atoms with E-state index in [0.717, 1.165) is 5.57 Å². The molecule has 1 aliphatic carbocycles. The molecule has 1 spiro atoms. The Morgan fingerprint density at radius 1 is 1.56 bits per heavy atom. The first-order valence-electron chi connectivity index (χ1n) is 8.49. The van der Waals surface area contributed by atoms with Gasteiger partial charge in [0, 0.05) is 22.5 Å². The quantitative estimate of drug-likeness (QED) is 0.618. The van der Waals surface area contributed by atoms with Crippen molar-refractivity contribution in [3.8, 4) is 0 Å². The summed E-state index contributed by atoms with van der Waals surface area (Å²) in [7, 11) is 0. The minimum Gasteiger partial charge on any atom is -0.465 e. The van der Waals surface area contributed by atoms with Gasteiger partial charge in [-0.15, -0.1) is 0 Å². The van der Waals surface area contributed by atoms with Crippen LogP contribution in [0.3, 0.4) is 0 Å². The number of rotatable bonds is 4. The number of carboxylic acid groups (broad SMARTS) is 1. The molecule has 1 aliphatic heterocycles. The van der Waals surface area contributed by atoms with Crippen LogP contribution >= 0.6 is 15.9 Å². The lowest BCUT2D eigenvalue weighted by molar-refractivity contribution is 0.0458. The minimum atomic E-state index is -1.06. The predicted molar refractivity (Wildman–Crippen MR) is 100 cm³/mol. The highest BCUT2D eigenvalue weighted by Crippen LogP contribution is 2.38. The van der Waals surface area contributed by atoms with E-state index in [1.165, 1.54) is 12.1 Å². The zero-order valence-electron chi connectivity index (χ0n) is 14.6.